The first kappa shape index (κ1) is 17.5. The molecule has 0 aliphatic rings. The highest BCUT2D eigenvalue weighted by atomic mass is 19.1. The minimum atomic E-state index is -0.456. The van der Waals surface area contributed by atoms with E-state index in [2.05, 4.69) is 20.3 Å². The summed E-state index contributed by atoms with van der Waals surface area (Å²) in [7, 11) is 1.73. The van der Waals surface area contributed by atoms with Crippen LogP contribution in [0.4, 0.5) is 15.9 Å². The van der Waals surface area contributed by atoms with Gasteiger partial charge in [-0.1, -0.05) is 12.1 Å². The minimum absolute atomic E-state index is 0.212. The zero-order valence-corrected chi connectivity index (χ0v) is 15.1. The second kappa shape index (κ2) is 7.03. The second-order valence-corrected chi connectivity index (χ2v) is 6.20. The highest BCUT2D eigenvalue weighted by Crippen LogP contribution is 2.33. The van der Waals surface area contributed by atoms with Crippen molar-refractivity contribution in [2.75, 3.05) is 18.1 Å². The van der Waals surface area contributed by atoms with Crippen LogP contribution in [0.1, 0.15) is 5.56 Å². The van der Waals surface area contributed by atoms with E-state index in [9.17, 15) is 0 Å². The highest BCUT2D eigenvalue weighted by Gasteiger charge is 2.16. The Morgan fingerprint density at radius 3 is 2.68 bits per heavy atom. The molecule has 0 atom stereocenters. The lowest BCUT2D eigenvalue weighted by Crippen LogP contribution is -2.01. The van der Waals surface area contributed by atoms with Gasteiger partial charge < -0.3 is 16.5 Å². The summed E-state index contributed by atoms with van der Waals surface area (Å²) >= 11 is 0. The third-order valence-electron chi connectivity index (χ3n) is 4.52. The first-order chi connectivity index (χ1) is 13.6. The van der Waals surface area contributed by atoms with Gasteiger partial charge in [0.15, 0.2) is 11.6 Å². The average Bonchev–Trinajstić information content (AvgIpc) is 2.74. The topological polar surface area (TPSA) is 101 Å². The fourth-order valence-corrected chi connectivity index (χ4v) is 3.07. The van der Waals surface area contributed by atoms with E-state index in [1.807, 2.05) is 6.07 Å². The van der Waals surface area contributed by atoms with Crippen LogP contribution in [0.15, 0.2) is 54.9 Å². The Labute approximate surface area is 160 Å². The van der Waals surface area contributed by atoms with Crippen molar-refractivity contribution >= 4 is 28.6 Å². The maximum Gasteiger partial charge on any atom is 0.163 e. The van der Waals surface area contributed by atoms with Crippen molar-refractivity contribution in [2.45, 2.75) is 0 Å². The molecule has 4 rings (SSSR count). The summed E-state index contributed by atoms with van der Waals surface area (Å²) in [5.74, 6) is 0.465. The molecule has 0 amide bonds. The van der Waals surface area contributed by atoms with Crippen LogP contribution in [0.5, 0.6) is 0 Å². The molecule has 2 heterocycles. The van der Waals surface area contributed by atoms with Crippen LogP contribution in [0.25, 0.3) is 33.4 Å². The molecule has 0 saturated heterocycles. The Balaban J connectivity index is 1.96. The van der Waals surface area contributed by atoms with Crippen LogP contribution in [0.2, 0.25) is 0 Å². The van der Waals surface area contributed by atoms with Crippen LogP contribution in [-0.2, 0) is 0 Å². The molecule has 4 aromatic rings. The van der Waals surface area contributed by atoms with Gasteiger partial charge in [0.05, 0.1) is 0 Å². The molecule has 7 heteroatoms. The van der Waals surface area contributed by atoms with Gasteiger partial charge in [-0.3, -0.25) is 4.98 Å². The van der Waals surface area contributed by atoms with Crippen molar-refractivity contribution in [3.8, 4) is 22.5 Å². The van der Waals surface area contributed by atoms with Gasteiger partial charge in [-0.25, -0.2) is 14.4 Å². The standard InChI is InChI=1S/C21H17FN6/c1-25-21-16-6-5-15(12-4-7-17(24)14(9-12)10-23)18(22)19(16)27-20(28-21)13-3-2-8-26-11-13/h2-11,23H,24H2,1H3,(H,25,27,28). The molecule has 0 spiro atoms. The fraction of sp³-hybridized carbons (Fsp3) is 0.0476. The highest BCUT2D eigenvalue weighted by molar-refractivity contribution is 5.95. The van der Waals surface area contributed by atoms with Gasteiger partial charge in [-0.15, -0.1) is 0 Å². The Hall–Kier alpha value is -3.87. The van der Waals surface area contributed by atoms with Gasteiger partial charge in [0.1, 0.15) is 11.3 Å². The first-order valence-corrected chi connectivity index (χ1v) is 8.61. The van der Waals surface area contributed by atoms with Crippen LogP contribution in [0.3, 0.4) is 0 Å². The molecule has 2 aromatic carbocycles. The molecular formula is C21H17FN6. The molecule has 0 fully saturated rings. The van der Waals surface area contributed by atoms with Gasteiger partial charge in [0.25, 0.3) is 0 Å². The maximum atomic E-state index is 15.5. The van der Waals surface area contributed by atoms with Crippen LogP contribution in [-0.4, -0.2) is 28.2 Å². The van der Waals surface area contributed by atoms with Gasteiger partial charge in [0.2, 0.25) is 0 Å². The number of benzene rings is 2. The van der Waals surface area contributed by atoms with Crippen LogP contribution in [0, 0.1) is 11.2 Å². The van der Waals surface area contributed by atoms with Crippen molar-refractivity contribution in [1.82, 2.24) is 15.0 Å². The number of nitrogen functional groups attached to an aromatic ring is 1. The number of nitrogens with zero attached hydrogens (tertiary/aromatic N) is 3. The number of anilines is 2. The average molecular weight is 372 g/mol. The van der Waals surface area contributed by atoms with E-state index in [1.54, 1.807) is 55.8 Å². The smallest absolute Gasteiger partial charge is 0.163 e. The lowest BCUT2D eigenvalue weighted by molar-refractivity contribution is 0.640. The molecule has 138 valence electrons. The van der Waals surface area contributed by atoms with E-state index in [4.69, 9.17) is 11.1 Å². The quantitative estimate of drug-likeness (QED) is 0.369. The zero-order chi connectivity index (χ0) is 19.7. The fourth-order valence-electron chi connectivity index (χ4n) is 3.07. The van der Waals surface area contributed by atoms with E-state index >= 15 is 4.39 Å². The SMILES string of the molecule is CNc1nc(-c2cccnc2)nc2c(F)c(-c3ccc(N)c(C=N)c3)ccc12. The molecule has 0 unspecified atom stereocenters. The predicted molar refractivity (Wildman–Crippen MR) is 110 cm³/mol. The number of aromatic nitrogens is 3. The molecule has 28 heavy (non-hydrogen) atoms. The largest absolute Gasteiger partial charge is 0.398 e. The van der Waals surface area contributed by atoms with E-state index in [-0.39, 0.29) is 5.52 Å². The monoisotopic (exact) mass is 372 g/mol. The van der Waals surface area contributed by atoms with E-state index in [0.717, 1.165) is 6.21 Å². The van der Waals surface area contributed by atoms with Crippen molar-refractivity contribution in [2.24, 2.45) is 0 Å². The van der Waals surface area contributed by atoms with E-state index in [0.29, 0.717) is 45.0 Å². The van der Waals surface area contributed by atoms with Crippen LogP contribution >= 0.6 is 0 Å². The number of hydrogen-bond donors (Lipinski definition) is 3. The van der Waals surface area contributed by atoms with Crippen molar-refractivity contribution in [3.63, 3.8) is 0 Å². The first-order valence-electron chi connectivity index (χ1n) is 8.61. The lowest BCUT2D eigenvalue weighted by atomic mass is 10.00. The third-order valence-corrected chi connectivity index (χ3v) is 4.52. The Bertz CT molecular complexity index is 1190. The predicted octanol–water partition coefficient (Wildman–Crippen LogP) is 4.12. The molecule has 4 N–H and O–H groups in total. The van der Waals surface area contributed by atoms with Gasteiger partial charge in [-0.2, -0.15) is 0 Å². The summed E-state index contributed by atoms with van der Waals surface area (Å²) in [5.41, 5.74) is 8.77. The third kappa shape index (κ3) is 2.92. The summed E-state index contributed by atoms with van der Waals surface area (Å²) in [6.45, 7) is 0. The molecule has 6 nitrogen and oxygen atoms in total. The molecule has 0 saturated carbocycles. The number of pyridine rings is 1. The molecule has 0 radical (unpaired) electrons. The number of nitrogens with two attached hydrogens (primary N) is 1. The molecule has 2 aromatic heterocycles. The Morgan fingerprint density at radius 2 is 1.96 bits per heavy atom. The normalized spacial score (nSPS) is 10.8. The van der Waals surface area contributed by atoms with Crippen LogP contribution < -0.4 is 11.1 Å². The number of nitrogens with one attached hydrogen (secondary N) is 2. The Kier molecular flexibility index (Phi) is 4.41. The Morgan fingerprint density at radius 1 is 1.11 bits per heavy atom. The minimum Gasteiger partial charge on any atom is -0.398 e. The molecule has 0 aliphatic heterocycles. The summed E-state index contributed by atoms with van der Waals surface area (Å²) in [4.78, 5) is 13.0. The summed E-state index contributed by atoms with van der Waals surface area (Å²) < 4.78 is 15.5. The number of hydrogen-bond acceptors (Lipinski definition) is 6. The maximum absolute atomic E-state index is 15.5. The molecular weight excluding hydrogens is 355 g/mol. The van der Waals surface area contributed by atoms with Gasteiger partial charge in [-0.05, 0) is 35.9 Å². The zero-order valence-electron chi connectivity index (χ0n) is 15.1. The van der Waals surface area contributed by atoms with Crippen molar-refractivity contribution in [3.05, 3.63) is 66.2 Å². The van der Waals surface area contributed by atoms with Gasteiger partial charge in [0, 0.05) is 53.4 Å². The van der Waals surface area contributed by atoms with Gasteiger partial charge >= 0.3 is 0 Å². The van der Waals surface area contributed by atoms with E-state index < -0.39 is 5.82 Å². The van der Waals surface area contributed by atoms with Crippen molar-refractivity contribution < 1.29 is 4.39 Å². The van der Waals surface area contributed by atoms with E-state index in [1.165, 1.54) is 0 Å². The summed E-state index contributed by atoms with van der Waals surface area (Å²) in [5, 5.41) is 11.1. The number of halogens is 1. The summed E-state index contributed by atoms with van der Waals surface area (Å²) in [6.07, 6.45) is 4.45. The number of fused-ring (bicyclic) bond motifs is 1. The number of rotatable bonds is 4. The lowest BCUT2D eigenvalue weighted by Gasteiger charge is -2.12. The molecule has 0 bridgehead atoms. The second-order valence-electron chi connectivity index (χ2n) is 6.20. The van der Waals surface area contributed by atoms with Crippen molar-refractivity contribution in [1.29, 1.82) is 5.41 Å². The molecule has 0 aliphatic carbocycles. The summed E-state index contributed by atoms with van der Waals surface area (Å²) in [6, 6.07) is 12.2.